The third kappa shape index (κ3) is 3.43. The van der Waals surface area contributed by atoms with Crippen LogP contribution in [-0.4, -0.2) is 27.7 Å². The predicted molar refractivity (Wildman–Crippen MR) is 121 cm³/mol. The van der Waals surface area contributed by atoms with E-state index in [1.165, 1.54) is 12.0 Å². The number of aryl methyl sites for hydroxylation is 1. The number of aromatic nitrogens is 2. The van der Waals surface area contributed by atoms with Gasteiger partial charge in [0.25, 0.3) is 5.89 Å². The zero-order valence-corrected chi connectivity index (χ0v) is 17.5. The lowest BCUT2D eigenvalue weighted by molar-refractivity contribution is 0.305. The summed E-state index contributed by atoms with van der Waals surface area (Å²) in [7, 11) is 0. The van der Waals surface area contributed by atoms with Gasteiger partial charge in [-0.2, -0.15) is 9.98 Å². The lowest BCUT2D eigenvalue weighted by atomic mass is 9.87. The van der Waals surface area contributed by atoms with Crippen LogP contribution in [0.1, 0.15) is 37.7 Å². The number of aliphatic imine (C=N–C) groups is 2. The van der Waals surface area contributed by atoms with Gasteiger partial charge in [-0.25, -0.2) is 4.99 Å². The van der Waals surface area contributed by atoms with Crippen LogP contribution in [0.5, 0.6) is 0 Å². The highest BCUT2D eigenvalue weighted by molar-refractivity contribution is 6.07. The van der Waals surface area contributed by atoms with E-state index in [1.807, 2.05) is 60.4 Å². The summed E-state index contributed by atoms with van der Waals surface area (Å²) in [5.41, 5.74) is 15.6. The van der Waals surface area contributed by atoms with Crippen LogP contribution in [0.15, 0.2) is 63.0 Å². The molecule has 5 rings (SSSR count). The largest absolute Gasteiger partial charge is 0.369 e. The molecule has 0 radical (unpaired) electrons. The number of rotatable bonds is 3. The molecular formula is C23H25N7O. The summed E-state index contributed by atoms with van der Waals surface area (Å²) >= 11 is 0. The second kappa shape index (κ2) is 7.54. The Balaban J connectivity index is 1.58. The molecule has 0 saturated heterocycles. The normalized spacial score (nSPS) is 18.0. The molecule has 0 amide bonds. The summed E-state index contributed by atoms with van der Waals surface area (Å²) in [5, 5.41) is 4.20. The van der Waals surface area contributed by atoms with Crippen molar-refractivity contribution in [1.29, 1.82) is 0 Å². The number of hydrogen-bond donors (Lipinski definition) is 2. The van der Waals surface area contributed by atoms with Gasteiger partial charge in [0.1, 0.15) is 5.66 Å². The Morgan fingerprint density at radius 3 is 2.48 bits per heavy atom. The van der Waals surface area contributed by atoms with Crippen molar-refractivity contribution in [3.8, 4) is 22.8 Å². The molecule has 8 nitrogen and oxygen atoms in total. The maximum Gasteiger partial charge on any atom is 0.260 e. The number of anilines is 1. The third-order valence-electron chi connectivity index (χ3n) is 5.96. The van der Waals surface area contributed by atoms with E-state index in [4.69, 9.17) is 21.0 Å². The minimum absolute atomic E-state index is 0.229. The van der Waals surface area contributed by atoms with Gasteiger partial charge < -0.3 is 16.0 Å². The summed E-state index contributed by atoms with van der Waals surface area (Å²) in [6, 6.07) is 15.9. The van der Waals surface area contributed by atoms with Crippen molar-refractivity contribution in [2.24, 2.45) is 21.5 Å². The lowest BCUT2D eigenvalue weighted by Gasteiger charge is -2.46. The first-order valence-electron chi connectivity index (χ1n) is 10.6. The zero-order valence-electron chi connectivity index (χ0n) is 17.5. The highest BCUT2D eigenvalue weighted by Gasteiger charge is 2.43. The molecule has 0 unspecified atom stereocenters. The predicted octanol–water partition coefficient (Wildman–Crippen LogP) is 3.82. The fourth-order valence-corrected chi connectivity index (χ4v) is 4.47. The minimum Gasteiger partial charge on any atom is -0.369 e. The van der Waals surface area contributed by atoms with Gasteiger partial charge in [0.05, 0.1) is 11.3 Å². The molecule has 1 aromatic heterocycles. The van der Waals surface area contributed by atoms with E-state index in [9.17, 15) is 0 Å². The Hall–Kier alpha value is -3.68. The number of para-hydroxylation sites is 1. The fourth-order valence-electron chi connectivity index (χ4n) is 4.47. The second-order valence-corrected chi connectivity index (χ2v) is 8.12. The highest BCUT2D eigenvalue weighted by Crippen LogP contribution is 2.42. The van der Waals surface area contributed by atoms with Crippen molar-refractivity contribution in [1.82, 2.24) is 10.1 Å². The van der Waals surface area contributed by atoms with Crippen molar-refractivity contribution in [2.75, 3.05) is 4.90 Å². The smallest absolute Gasteiger partial charge is 0.260 e. The molecule has 0 bridgehead atoms. The van der Waals surface area contributed by atoms with E-state index in [1.54, 1.807) is 0 Å². The lowest BCUT2D eigenvalue weighted by Crippen LogP contribution is -2.58. The maximum atomic E-state index is 6.41. The van der Waals surface area contributed by atoms with E-state index in [2.05, 4.69) is 15.1 Å². The summed E-state index contributed by atoms with van der Waals surface area (Å²) in [6.07, 6.45) is 5.00. The van der Waals surface area contributed by atoms with Crippen LogP contribution < -0.4 is 16.4 Å². The molecule has 2 aliphatic rings. The van der Waals surface area contributed by atoms with Crippen molar-refractivity contribution in [2.45, 2.75) is 44.7 Å². The first kappa shape index (κ1) is 19.3. The summed E-state index contributed by atoms with van der Waals surface area (Å²) in [6.45, 7) is 2.04. The van der Waals surface area contributed by atoms with E-state index < -0.39 is 5.66 Å². The van der Waals surface area contributed by atoms with Gasteiger partial charge in [0.2, 0.25) is 17.7 Å². The van der Waals surface area contributed by atoms with Gasteiger partial charge in [-0.1, -0.05) is 53.5 Å². The zero-order chi connectivity index (χ0) is 21.4. The average Bonchev–Trinajstić information content (AvgIpc) is 3.25. The first-order valence-corrected chi connectivity index (χ1v) is 10.6. The number of benzene rings is 2. The van der Waals surface area contributed by atoms with Gasteiger partial charge in [0.15, 0.2) is 0 Å². The monoisotopic (exact) mass is 415 g/mol. The molecule has 2 aromatic carbocycles. The Morgan fingerprint density at radius 1 is 0.968 bits per heavy atom. The second-order valence-electron chi connectivity index (χ2n) is 8.12. The van der Waals surface area contributed by atoms with Crippen molar-refractivity contribution < 1.29 is 4.52 Å². The first-order chi connectivity index (χ1) is 15.1. The maximum absolute atomic E-state index is 6.41. The van der Waals surface area contributed by atoms with Crippen LogP contribution >= 0.6 is 0 Å². The molecule has 2 heterocycles. The van der Waals surface area contributed by atoms with E-state index in [0.717, 1.165) is 42.5 Å². The van der Waals surface area contributed by atoms with Crippen molar-refractivity contribution >= 4 is 17.6 Å². The van der Waals surface area contributed by atoms with Crippen molar-refractivity contribution in [3.63, 3.8) is 0 Å². The summed E-state index contributed by atoms with van der Waals surface area (Å²) in [4.78, 5) is 15.7. The van der Waals surface area contributed by atoms with Gasteiger partial charge in [-0.3, -0.25) is 4.90 Å². The van der Waals surface area contributed by atoms with Crippen LogP contribution in [0.25, 0.3) is 22.8 Å². The van der Waals surface area contributed by atoms with Crippen LogP contribution in [-0.2, 0) is 0 Å². The van der Waals surface area contributed by atoms with E-state index >= 15 is 0 Å². The summed E-state index contributed by atoms with van der Waals surface area (Å²) < 4.78 is 5.67. The Morgan fingerprint density at radius 2 is 1.71 bits per heavy atom. The molecule has 1 aliphatic heterocycles. The Kier molecular flexibility index (Phi) is 4.69. The highest BCUT2D eigenvalue weighted by atomic mass is 16.5. The molecule has 1 spiro atoms. The van der Waals surface area contributed by atoms with E-state index in [0.29, 0.717) is 17.7 Å². The molecule has 31 heavy (non-hydrogen) atoms. The number of nitrogens with two attached hydrogens (primary N) is 2. The van der Waals surface area contributed by atoms with E-state index in [-0.39, 0.29) is 5.96 Å². The molecule has 8 heteroatoms. The molecular weight excluding hydrogens is 390 g/mol. The summed E-state index contributed by atoms with van der Waals surface area (Å²) in [5.74, 6) is 1.53. The van der Waals surface area contributed by atoms with Gasteiger partial charge in [-0.15, -0.1) is 0 Å². The topological polar surface area (TPSA) is 119 Å². The number of hydrogen-bond acceptors (Lipinski definition) is 8. The molecule has 4 N–H and O–H groups in total. The van der Waals surface area contributed by atoms with Gasteiger partial charge >= 0.3 is 0 Å². The molecule has 1 fully saturated rings. The molecule has 158 valence electrons. The average molecular weight is 416 g/mol. The fraction of sp³-hybridized carbons (Fsp3) is 0.304. The molecule has 3 aromatic rings. The number of guanidine groups is 2. The van der Waals surface area contributed by atoms with Gasteiger partial charge in [0, 0.05) is 5.56 Å². The van der Waals surface area contributed by atoms with Crippen LogP contribution in [0.3, 0.4) is 0 Å². The quantitative estimate of drug-likeness (QED) is 0.671. The standard InChI is InChI=1S/C23H25N7O/c1-15-9-11-16(12-10-15)19-26-20(31-29-19)17-7-3-4-8-18(17)30-22(25)27-21(24)28-23(30)13-5-2-6-14-23/h3-4,7-12H,2,5-6,13-14H2,1H3,(H4,24,25,27,28). The van der Waals surface area contributed by atoms with Crippen molar-refractivity contribution in [3.05, 3.63) is 54.1 Å². The van der Waals surface area contributed by atoms with Gasteiger partial charge in [-0.05, 0) is 44.7 Å². The van der Waals surface area contributed by atoms with Crippen LogP contribution in [0.4, 0.5) is 5.69 Å². The Labute approximate surface area is 180 Å². The number of nitrogens with zero attached hydrogens (tertiary/aromatic N) is 5. The molecule has 0 atom stereocenters. The third-order valence-corrected chi connectivity index (χ3v) is 5.96. The van der Waals surface area contributed by atoms with Crippen LogP contribution in [0, 0.1) is 6.92 Å². The van der Waals surface area contributed by atoms with Crippen LogP contribution in [0.2, 0.25) is 0 Å². The minimum atomic E-state index is -0.538. The SMILES string of the molecule is Cc1ccc(-c2noc(-c3ccccc3N3C(N)=NC(N)=NC34CCCCC4)n2)cc1. The molecule has 1 saturated carbocycles. The Bertz CT molecular complexity index is 1160. The molecule has 1 aliphatic carbocycles.